The number of hydrogen-bond acceptors (Lipinski definition) is 3. The molecule has 21 heavy (non-hydrogen) atoms. The first-order valence-electron chi connectivity index (χ1n) is 7.15. The van der Waals surface area contributed by atoms with E-state index in [2.05, 4.69) is 19.9 Å². The first-order valence-corrected chi connectivity index (χ1v) is 7.15. The molecule has 0 saturated heterocycles. The van der Waals surface area contributed by atoms with Gasteiger partial charge in [-0.2, -0.15) is 0 Å². The van der Waals surface area contributed by atoms with Crippen LogP contribution in [0.2, 0.25) is 0 Å². The van der Waals surface area contributed by atoms with Crippen LogP contribution < -0.4 is 15.2 Å². The lowest BCUT2D eigenvalue weighted by molar-refractivity contribution is 0.176. The number of para-hydroxylation sites is 1. The Kier molecular flexibility index (Phi) is 4.86. The predicted octanol–water partition coefficient (Wildman–Crippen LogP) is 3.78. The van der Waals surface area contributed by atoms with Crippen LogP contribution in [0.5, 0.6) is 11.5 Å². The van der Waals surface area contributed by atoms with Gasteiger partial charge in [-0.1, -0.05) is 24.3 Å². The molecule has 0 aliphatic heterocycles. The molecule has 2 N–H and O–H groups in total. The summed E-state index contributed by atoms with van der Waals surface area (Å²) in [6, 6.07) is 13.8. The Labute approximate surface area is 126 Å². The van der Waals surface area contributed by atoms with Gasteiger partial charge in [0.25, 0.3) is 0 Å². The highest BCUT2D eigenvalue weighted by Gasteiger charge is 2.22. The van der Waals surface area contributed by atoms with Gasteiger partial charge in [-0.25, -0.2) is 0 Å². The number of rotatable bonds is 5. The normalized spacial score (nSPS) is 13.6. The highest BCUT2D eigenvalue weighted by molar-refractivity contribution is 5.38. The molecule has 2 unspecified atom stereocenters. The molecular weight excluding hydrogens is 262 g/mol. The van der Waals surface area contributed by atoms with E-state index in [-0.39, 0.29) is 12.1 Å². The van der Waals surface area contributed by atoms with Crippen LogP contribution in [0.15, 0.2) is 42.5 Å². The van der Waals surface area contributed by atoms with Crippen LogP contribution in [-0.4, -0.2) is 13.2 Å². The third-order valence-corrected chi connectivity index (χ3v) is 3.66. The van der Waals surface area contributed by atoms with Crippen LogP contribution in [0.1, 0.15) is 29.7 Å². The number of aryl methyl sites for hydroxylation is 2. The Bertz CT molecular complexity index is 608. The van der Waals surface area contributed by atoms with Crippen molar-refractivity contribution in [3.63, 3.8) is 0 Å². The first-order chi connectivity index (χ1) is 10.0. The average Bonchev–Trinajstić information content (AvgIpc) is 2.48. The lowest BCUT2D eigenvalue weighted by atomic mass is 10.0. The second-order valence-electron chi connectivity index (χ2n) is 5.39. The van der Waals surface area contributed by atoms with E-state index < -0.39 is 0 Å². The molecule has 2 atom stereocenters. The average molecular weight is 285 g/mol. The van der Waals surface area contributed by atoms with Crippen molar-refractivity contribution in [1.29, 1.82) is 0 Å². The van der Waals surface area contributed by atoms with E-state index >= 15 is 0 Å². The minimum atomic E-state index is -0.247. The number of benzene rings is 2. The molecule has 0 aliphatic rings. The summed E-state index contributed by atoms with van der Waals surface area (Å²) in [6.07, 6.45) is -0.247. The summed E-state index contributed by atoms with van der Waals surface area (Å²) in [5.74, 6) is 1.62. The molecular formula is C18H23NO2. The maximum absolute atomic E-state index is 6.14. The van der Waals surface area contributed by atoms with E-state index in [4.69, 9.17) is 15.2 Å². The summed E-state index contributed by atoms with van der Waals surface area (Å²) < 4.78 is 11.6. The largest absolute Gasteiger partial charge is 0.496 e. The van der Waals surface area contributed by atoms with Crippen LogP contribution in [0.3, 0.4) is 0 Å². The van der Waals surface area contributed by atoms with Crippen molar-refractivity contribution in [3.05, 3.63) is 59.2 Å². The van der Waals surface area contributed by atoms with E-state index in [0.29, 0.717) is 0 Å². The van der Waals surface area contributed by atoms with Crippen molar-refractivity contribution >= 4 is 0 Å². The van der Waals surface area contributed by atoms with Crippen LogP contribution in [0.4, 0.5) is 0 Å². The molecule has 3 heteroatoms. The van der Waals surface area contributed by atoms with Gasteiger partial charge in [0, 0.05) is 11.6 Å². The monoisotopic (exact) mass is 285 g/mol. The number of ether oxygens (including phenoxy) is 2. The van der Waals surface area contributed by atoms with E-state index in [1.165, 1.54) is 11.1 Å². The zero-order valence-electron chi connectivity index (χ0n) is 13.1. The number of nitrogens with two attached hydrogens (primary N) is 1. The molecule has 3 nitrogen and oxygen atoms in total. The van der Waals surface area contributed by atoms with Gasteiger partial charge < -0.3 is 15.2 Å². The third-order valence-electron chi connectivity index (χ3n) is 3.66. The zero-order valence-corrected chi connectivity index (χ0v) is 13.1. The van der Waals surface area contributed by atoms with Gasteiger partial charge in [-0.15, -0.1) is 0 Å². The molecule has 0 amide bonds. The summed E-state index contributed by atoms with van der Waals surface area (Å²) in [5.41, 5.74) is 9.55. The number of hydrogen-bond donors (Lipinski definition) is 1. The highest BCUT2D eigenvalue weighted by atomic mass is 16.5. The van der Waals surface area contributed by atoms with Crippen LogP contribution in [0.25, 0.3) is 0 Å². The molecule has 2 rings (SSSR count). The molecule has 0 spiro atoms. The smallest absolute Gasteiger partial charge is 0.142 e. The molecule has 0 bridgehead atoms. The second-order valence-corrected chi connectivity index (χ2v) is 5.39. The maximum Gasteiger partial charge on any atom is 0.142 e. The Morgan fingerprint density at radius 2 is 1.71 bits per heavy atom. The van der Waals surface area contributed by atoms with Crippen molar-refractivity contribution in [2.24, 2.45) is 5.73 Å². The van der Waals surface area contributed by atoms with Gasteiger partial charge >= 0.3 is 0 Å². The van der Waals surface area contributed by atoms with Gasteiger partial charge in [-0.3, -0.25) is 0 Å². The topological polar surface area (TPSA) is 44.5 Å². The van der Waals surface area contributed by atoms with Crippen molar-refractivity contribution in [2.45, 2.75) is 32.9 Å². The molecule has 2 aromatic carbocycles. The molecule has 112 valence electrons. The van der Waals surface area contributed by atoms with Crippen LogP contribution in [0, 0.1) is 13.8 Å². The minimum absolute atomic E-state index is 0.150. The molecule has 0 aliphatic carbocycles. The summed E-state index contributed by atoms with van der Waals surface area (Å²) in [4.78, 5) is 0. The lowest BCUT2D eigenvalue weighted by Gasteiger charge is -2.25. The van der Waals surface area contributed by atoms with Crippen molar-refractivity contribution in [2.75, 3.05) is 7.11 Å². The highest BCUT2D eigenvalue weighted by Crippen LogP contribution is 2.31. The fourth-order valence-electron chi connectivity index (χ4n) is 2.29. The van der Waals surface area contributed by atoms with Crippen molar-refractivity contribution in [3.8, 4) is 11.5 Å². The van der Waals surface area contributed by atoms with E-state index in [9.17, 15) is 0 Å². The number of methoxy groups -OCH3 is 1. The van der Waals surface area contributed by atoms with E-state index in [1.54, 1.807) is 7.11 Å². The summed E-state index contributed by atoms with van der Waals surface area (Å²) in [6.45, 7) is 6.10. The molecule has 0 heterocycles. The third kappa shape index (κ3) is 3.56. The van der Waals surface area contributed by atoms with Crippen LogP contribution in [-0.2, 0) is 0 Å². The van der Waals surface area contributed by atoms with E-state index in [1.807, 2.05) is 43.3 Å². The standard InChI is InChI=1S/C18H23NO2/c1-12-9-10-15(11-13(12)2)21-18(14(3)19)16-7-5-6-8-17(16)20-4/h5-11,14,18H,19H2,1-4H3. The summed E-state index contributed by atoms with van der Waals surface area (Å²) in [7, 11) is 1.66. The van der Waals surface area contributed by atoms with Gasteiger partial charge in [-0.05, 0) is 50.1 Å². The molecule has 0 fully saturated rings. The van der Waals surface area contributed by atoms with E-state index in [0.717, 1.165) is 17.1 Å². The van der Waals surface area contributed by atoms with Crippen molar-refractivity contribution in [1.82, 2.24) is 0 Å². The van der Waals surface area contributed by atoms with Gasteiger partial charge in [0.2, 0.25) is 0 Å². The predicted molar refractivity (Wildman–Crippen MR) is 85.9 cm³/mol. The quantitative estimate of drug-likeness (QED) is 0.909. The Balaban J connectivity index is 2.33. The zero-order chi connectivity index (χ0) is 15.4. The molecule has 2 aromatic rings. The first kappa shape index (κ1) is 15.4. The fourth-order valence-corrected chi connectivity index (χ4v) is 2.29. The second kappa shape index (κ2) is 6.64. The van der Waals surface area contributed by atoms with Crippen molar-refractivity contribution < 1.29 is 9.47 Å². The Morgan fingerprint density at radius 1 is 1.00 bits per heavy atom. The van der Waals surface area contributed by atoms with Gasteiger partial charge in [0.15, 0.2) is 0 Å². The Morgan fingerprint density at radius 3 is 2.33 bits per heavy atom. The maximum atomic E-state index is 6.14. The summed E-state index contributed by atoms with van der Waals surface area (Å²) >= 11 is 0. The fraction of sp³-hybridized carbons (Fsp3) is 0.333. The summed E-state index contributed by atoms with van der Waals surface area (Å²) in [5, 5.41) is 0. The van der Waals surface area contributed by atoms with Gasteiger partial charge in [0.1, 0.15) is 17.6 Å². The molecule has 0 saturated carbocycles. The van der Waals surface area contributed by atoms with Gasteiger partial charge in [0.05, 0.1) is 7.11 Å². The van der Waals surface area contributed by atoms with Crippen LogP contribution >= 0.6 is 0 Å². The minimum Gasteiger partial charge on any atom is -0.496 e. The molecule has 0 aromatic heterocycles. The molecule has 0 radical (unpaired) electrons. The lowest BCUT2D eigenvalue weighted by Crippen LogP contribution is -2.29. The Hall–Kier alpha value is -2.00. The SMILES string of the molecule is COc1ccccc1C(Oc1ccc(C)c(C)c1)C(C)N.